The second kappa shape index (κ2) is 7.33. The highest BCUT2D eigenvalue weighted by Crippen LogP contribution is 2.66. The summed E-state index contributed by atoms with van der Waals surface area (Å²) in [7, 11) is -3.68. The van der Waals surface area contributed by atoms with E-state index in [9.17, 15) is 8.42 Å². The molecule has 0 bridgehead atoms. The van der Waals surface area contributed by atoms with Crippen LogP contribution in [-0.4, -0.2) is 14.5 Å². The first-order valence-corrected chi connectivity index (χ1v) is 13.6. The van der Waals surface area contributed by atoms with Crippen molar-refractivity contribution in [3.8, 4) is 0 Å². The van der Waals surface area contributed by atoms with Gasteiger partial charge in [-0.2, -0.15) is 8.42 Å². The lowest BCUT2D eigenvalue weighted by atomic mass is 9.45. The molecule has 5 rings (SSSR count). The molecule has 0 N–H and O–H groups in total. The molecule has 30 heavy (non-hydrogen) atoms. The Morgan fingerprint density at radius 3 is 2.43 bits per heavy atom. The molecule has 4 fully saturated rings. The lowest BCUT2D eigenvalue weighted by Gasteiger charge is -2.60. The highest BCUT2D eigenvalue weighted by atomic mass is 32.2. The fourth-order valence-corrected chi connectivity index (χ4v) is 9.35. The van der Waals surface area contributed by atoms with Gasteiger partial charge in [-0.1, -0.05) is 38.0 Å². The summed E-state index contributed by atoms with van der Waals surface area (Å²) in [6.45, 7) is 7.07. The van der Waals surface area contributed by atoms with Crippen LogP contribution in [0.2, 0.25) is 0 Å². The summed E-state index contributed by atoms with van der Waals surface area (Å²) in [5.74, 6) is 3.28. The van der Waals surface area contributed by atoms with Crippen molar-refractivity contribution in [3.63, 3.8) is 0 Å². The van der Waals surface area contributed by atoms with Gasteiger partial charge in [-0.3, -0.25) is 4.18 Å². The van der Waals surface area contributed by atoms with Crippen LogP contribution in [0.5, 0.6) is 0 Å². The number of fused-ring (bicyclic) bond motifs is 5. The molecule has 0 amide bonds. The van der Waals surface area contributed by atoms with Crippen molar-refractivity contribution in [2.24, 2.45) is 34.5 Å². The molecule has 0 spiro atoms. The average Bonchev–Trinajstić information content (AvgIpc) is 3.10. The van der Waals surface area contributed by atoms with Crippen LogP contribution in [0.1, 0.15) is 83.6 Å². The van der Waals surface area contributed by atoms with Crippen LogP contribution in [0.15, 0.2) is 29.2 Å². The van der Waals surface area contributed by atoms with Crippen molar-refractivity contribution in [1.29, 1.82) is 0 Å². The molecule has 0 aromatic heterocycles. The summed E-state index contributed by atoms with van der Waals surface area (Å²) in [6.07, 6.45) is 12.5. The highest BCUT2D eigenvalue weighted by molar-refractivity contribution is 7.86. The van der Waals surface area contributed by atoms with E-state index in [1.165, 1.54) is 44.9 Å². The van der Waals surface area contributed by atoms with Crippen molar-refractivity contribution in [2.45, 2.75) is 96.0 Å². The van der Waals surface area contributed by atoms with E-state index in [1.807, 2.05) is 19.1 Å². The molecule has 0 radical (unpaired) electrons. The number of hydrogen-bond acceptors (Lipinski definition) is 3. The predicted molar refractivity (Wildman–Crippen MR) is 120 cm³/mol. The van der Waals surface area contributed by atoms with E-state index in [4.69, 9.17) is 4.18 Å². The van der Waals surface area contributed by atoms with Crippen LogP contribution in [0.4, 0.5) is 0 Å². The predicted octanol–water partition coefficient (Wildman–Crippen LogP) is 6.50. The van der Waals surface area contributed by atoms with Gasteiger partial charge in [0.15, 0.2) is 0 Å². The Kier molecular flexibility index (Phi) is 5.13. The van der Waals surface area contributed by atoms with E-state index >= 15 is 0 Å². The number of rotatable bonds is 3. The third kappa shape index (κ3) is 3.37. The van der Waals surface area contributed by atoms with E-state index < -0.39 is 10.1 Å². The summed E-state index contributed by atoms with van der Waals surface area (Å²) in [5.41, 5.74) is 2.04. The van der Waals surface area contributed by atoms with E-state index in [1.54, 1.807) is 12.1 Å². The van der Waals surface area contributed by atoms with Crippen LogP contribution >= 0.6 is 0 Å². The quantitative estimate of drug-likeness (QED) is 0.514. The maximum atomic E-state index is 12.8. The largest absolute Gasteiger partial charge is 0.297 e. The van der Waals surface area contributed by atoms with Gasteiger partial charge >= 0.3 is 0 Å². The Bertz CT molecular complexity index is 891. The maximum Gasteiger partial charge on any atom is 0.297 e. The minimum atomic E-state index is -3.68. The van der Waals surface area contributed by atoms with Crippen LogP contribution in [0.25, 0.3) is 0 Å². The normalized spacial score (nSPS) is 43.5. The zero-order valence-corrected chi connectivity index (χ0v) is 19.7. The van der Waals surface area contributed by atoms with Gasteiger partial charge in [-0.25, -0.2) is 0 Å². The van der Waals surface area contributed by atoms with Crippen molar-refractivity contribution in [2.75, 3.05) is 0 Å². The fourth-order valence-electron chi connectivity index (χ4n) is 8.24. The zero-order chi connectivity index (χ0) is 21.1. The Morgan fingerprint density at radius 1 is 0.900 bits per heavy atom. The van der Waals surface area contributed by atoms with E-state index in [0.717, 1.165) is 42.6 Å². The molecule has 4 aliphatic rings. The van der Waals surface area contributed by atoms with Crippen molar-refractivity contribution in [1.82, 2.24) is 0 Å². The van der Waals surface area contributed by atoms with Crippen LogP contribution < -0.4 is 0 Å². The Labute approximate surface area is 183 Å². The van der Waals surface area contributed by atoms with Crippen molar-refractivity contribution in [3.05, 3.63) is 29.8 Å². The second-order valence-electron chi connectivity index (χ2n) is 11.5. The monoisotopic (exact) mass is 430 g/mol. The molecule has 166 valence electrons. The minimum Gasteiger partial charge on any atom is -0.263 e. The zero-order valence-electron chi connectivity index (χ0n) is 18.9. The van der Waals surface area contributed by atoms with Gasteiger partial charge in [0.25, 0.3) is 10.1 Å². The number of benzene rings is 1. The first-order chi connectivity index (χ1) is 14.2. The van der Waals surface area contributed by atoms with E-state index in [-0.39, 0.29) is 11.0 Å². The van der Waals surface area contributed by atoms with Gasteiger partial charge in [0.05, 0.1) is 11.0 Å². The molecule has 4 saturated carbocycles. The summed E-state index contributed by atoms with van der Waals surface area (Å²) in [6, 6.07) is 7.03. The summed E-state index contributed by atoms with van der Waals surface area (Å²) < 4.78 is 31.4. The minimum absolute atomic E-state index is 0.161. The molecule has 0 saturated heterocycles. The third-order valence-corrected chi connectivity index (χ3v) is 11.3. The lowest BCUT2D eigenvalue weighted by molar-refractivity contribution is -0.117. The number of aryl methyl sites for hydroxylation is 1. The first kappa shape index (κ1) is 21.0. The SMILES string of the molecule is Cc1ccc(S(=O)(=O)O[C@H]2CC[C@@]3(C)[C@H](CC[C@@H]4[C@H]5CCC[C@@]5(C)CC[C@@H]43)C2)cc1. The van der Waals surface area contributed by atoms with Gasteiger partial charge in [-0.05, 0) is 111 Å². The molecule has 0 heterocycles. The van der Waals surface area contributed by atoms with Crippen molar-refractivity contribution >= 4 is 10.1 Å². The molecule has 4 aliphatic carbocycles. The number of hydrogen-bond donors (Lipinski definition) is 0. The standard InChI is InChI=1S/C26H38O3S/c1-18-6-9-21(10-7-18)30(27,28)29-20-12-16-26(3)19(17-20)8-11-22-23-5-4-14-25(23,2)15-13-24(22)26/h6-7,9-10,19-20,22-24H,4-5,8,11-17H2,1-3H3/t19-,20+,22-,23-,24+,25+,26+/m1/s1. The van der Waals surface area contributed by atoms with E-state index in [0.29, 0.717) is 16.7 Å². The smallest absolute Gasteiger partial charge is 0.263 e. The molecular formula is C26H38O3S. The Hall–Kier alpha value is -0.870. The molecule has 1 aromatic rings. The maximum absolute atomic E-state index is 12.8. The highest BCUT2D eigenvalue weighted by Gasteiger charge is 2.58. The van der Waals surface area contributed by atoms with Gasteiger partial charge in [0.1, 0.15) is 0 Å². The summed E-state index contributed by atoms with van der Waals surface area (Å²) in [5, 5.41) is 0. The summed E-state index contributed by atoms with van der Waals surface area (Å²) >= 11 is 0. The van der Waals surface area contributed by atoms with Gasteiger partial charge in [0.2, 0.25) is 0 Å². The molecule has 0 aliphatic heterocycles. The van der Waals surface area contributed by atoms with Gasteiger partial charge in [-0.15, -0.1) is 0 Å². The molecule has 7 atom stereocenters. The molecular weight excluding hydrogens is 392 g/mol. The van der Waals surface area contributed by atoms with Gasteiger partial charge in [0, 0.05) is 0 Å². The fraction of sp³-hybridized carbons (Fsp3) is 0.769. The van der Waals surface area contributed by atoms with Crippen LogP contribution in [-0.2, 0) is 14.3 Å². The van der Waals surface area contributed by atoms with Crippen LogP contribution in [0.3, 0.4) is 0 Å². The average molecular weight is 431 g/mol. The Balaban J connectivity index is 1.30. The lowest BCUT2D eigenvalue weighted by Crippen LogP contribution is -2.53. The summed E-state index contributed by atoms with van der Waals surface area (Å²) in [4.78, 5) is 0.290. The molecule has 1 aromatic carbocycles. The van der Waals surface area contributed by atoms with Crippen molar-refractivity contribution < 1.29 is 12.6 Å². The van der Waals surface area contributed by atoms with Crippen LogP contribution in [0, 0.1) is 41.4 Å². The molecule has 3 nitrogen and oxygen atoms in total. The topological polar surface area (TPSA) is 43.4 Å². The van der Waals surface area contributed by atoms with Gasteiger partial charge < -0.3 is 0 Å². The first-order valence-electron chi connectivity index (χ1n) is 12.2. The third-order valence-electron chi connectivity index (χ3n) is 9.97. The Morgan fingerprint density at radius 2 is 1.67 bits per heavy atom. The van der Waals surface area contributed by atoms with E-state index in [2.05, 4.69) is 13.8 Å². The second-order valence-corrected chi connectivity index (χ2v) is 13.1. The molecule has 0 unspecified atom stereocenters. The molecule has 4 heteroatoms.